The highest BCUT2D eigenvalue weighted by molar-refractivity contribution is 5.65. The van der Waals surface area contributed by atoms with Crippen molar-refractivity contribution in [1.29, 1.82) is 0 Å². The van der Waals surface area contributed by atoms with Crippen molar-refractivity contribution in [1.82, 2.24) is 20.3 Å². The van der Waals surface area contributed by atoms with E-state index in [0.29, 0.717) is 29.5 Å². The Balaban J connectivity index is 1.82. The van der Waals surface area contributed by atoms with E-state index in [1.807, 2.05) is 24.3 Å². The van der Waals surface area contributed by atoms with E-state index in [2.05, 4.69) is 20.3 Å². The van der Waals surface area contributed by atoms with E-state index >= 15 is 0 Å². The van der Waals surface area contributed by atoms with E-state index in [1.165, 1.54) is 0 Å². The normalized spacial score (nSPS) is 10.7. The second-order valence-electron chi connectivity index (χ2n) is 4.24. The maximum Gasteiger partial charge on any atom is 0.263 e. The SMILES string of the molecule is COc1cccc(Cc2noc(-c3cn[nH]c3N)n2)c1. The molecule has 0 aliphatic rings. The molecule has 3 aromatic rings. The fraction of sp³-hybridized carbons (Fsp3) is 0.154. The third-order valence-corrected chi connectivity index (χ3v) is 2.86. The molecule has 0 radical (unpaired) electrons. The molecule has 2 heterocycles. The van der Waals surface area contributed by atoms with Crippen LogP contribution in [-0.4, -0.2) is 27.4 Å². The fourth-order valence-corrected chi connectivity index (χ4v) is 1.87. The molecule has 20 heavy (non-hydrogen) atoms. The van der Waals surface area contributed by atoms with Crippen molar-refractivity contribution in [2.75, 3.05) is 12.8 Å². The number of benzene rings is 1. The van der Waals surface area contributed by atoms with Crippen LogP contribution in [-0.2, 0) is 6.42 Å². The molecule has 0 bridgehead atoms. The predicted octanol–water partition coefficient (Wildman–Crippen LogP) is 1.64. The molecule has 0 fully saturated rings. The standard InChI is InChI=1S/C13H13N5O2/c1-19-9-4-2-3-8(5-9)6-11-16-13(20-18-11)10-7-15-17-12(10)14/h2-5,7H,6H2,1H3,(H3,14,15,17). The number of ether oxygens (including phenoxy) is 1. The number of nitrogen functional groups attached to an aromatic ring is 1. The van der Waals surface area contributed by atoms with Gasteiger partial charge in [-0.25, -0.2) is 0 Å². The lowest BCUT2D eigenvalue weighted by atomic mass is 10.1. The van der Waals surface area contributed by atoms with Gasteiger partial charge in [-0.2, -0.15) is 10.1 Å². The lowest BCUT2D eigenvalue weighted by Gasteiger charge is -2.01. The average Bonchev–Trinajstić information content (AvgIpc) is 3.08. The number of H-pyrrole nitrogens is 1. The molecular weight excluding hydrogens is 258 g/mol. The van der Waals surface area contributed by atoms with Gasteiger partial charge in [-0.1, -0.05) is 17.3 Å². The van der Waals surface area contributed by atoms with Crippen LogP contribution in [0.25, 0.3) is 11.5 Å². The molecule has 0 atom stereocenters. The molecule has 0 aliphatic carbocycles. The largest absolute Gasteiger partial charge is 0.497 e. The first-order valence-corrected chi connectivity index (χ1v) is 6.01. The Morgan fingerprint density at radius 2 is 2.30 bits per heavy atom. The Bertz CT molecular complexity index is 719. The molecule has 0 saturated carbocycles. The fourth-order valence-electron chi connectivity index (χ4n) is 1.87. The molecule has 0 aliphatic heterocycles. The summed E-state index contributed by atoms with van der Waals surface area (Å²) in [6.45, 7) is 0. The second kappa shape index (κ2) is 5.04. The molecule has 7 heteroatoms. The minimum absolute atomic E-state index is 0.356. The quantitative estimate of drug-likeness (QED) is 0.747. The van der Waals surface area contributed by atoms with E-state index in [0.717, 1.165) is 11.3 Å². The Hall–Kier alpha value is -2.83. The van der Waals surface area contributed by atoms with Gasteiger partial charge in [-0.3, -0.25) is 5.10 Å². The zero-order valence-electron chi connectivity index (χ0n) is 10.8. The number of aromatic nitrogens is 4. The van der Waals surface area contributed by atoms with Crippen molar-refractivity contribution in [3.8, 4) is 17.2 Å². The van der Waals surface area contributed by atoms with Gasteiger partial charge in [0.15, 0.2) is 5.82 Å². The minimum Gasteiger partial charge on any atom is -0.497 e. The number of nitrogens with two attached hydrogens (primary N) is 1. The first-order valence-electron chi connectivity index (χ1n) is 6.01. The minimum atomic E-state index is 0.356. The van der Waals surface area contributed by atoms with E-state index in [9.17, 15) is 0 Å². The highest BCUT2D eigenvalue weighted by Crippen LogP contribution is 2.22. The van der Waals surface area contributed by atoms with Crippen LogP contribution < -0.4 is 10.5 Å². The summed E-state index contributed by atoms with van der Waals surface area (Å²) in [6, 6.07) is 7.72. The molecule has 0 spiro atoms. The number of rotatable bonds is 4. The number of hydrogen-bond acceptors (Lipinski definition) is 6. The van der Waals surface area contributed by atoms with Gasteiger partial charge in [0.05, 0.1) is 13.3 Å². The van der Waals surface area contributed by atoms with E-state index in [1.54, 1.807) is 13.3 Å². The number of methoxy groups -OCH3 is 1. The molecule has 1 aromatic carbocycles. The second-order valence-corrected chi connectivity index (χ2v) is 4.24. The van der Waals surface area contributed by atoms with Crippen LogP contribution in [0.5, 0.6) is 5.75 Å². The average molecular weight is 271 g/mol. The number of hydrogen-bond donors (Lipinski definition) is 2. The van der Waals surface area contributed by atoms with E-state index in [4.69, 9.17) is 15.0 Å². The Morgan fingerprint density at radius 3 is 3.05 bits per heavy atom. The Labute approximate surface area is 114 Å². The first-order chi connectivity index (χ1) is 9.76. The molecule has 3 rings (SSSR count). The maximum absolute atomic E-state index is 5.71. The smallest absolute Gasteiger partial charge is 0.263 e. The van der Waals surface area contributed by atoms with Crippen LogP contribution in [0, 0.1) is 0 Å². The molecule has 0 unspecified atom stereocenters. The zero-order chi connectivity index (χ0) is 13.9. The zero-order valence-corrected chi connectivity index (χ0v) is 10.8. The predicted molar refractivity (Wildman–Crippen MR) is 72.1 cm³/mol. The molecule has 102 valence electrons. The van der Waals surface area contributed by atoms with Gasteiger partial charge >= 0.3 is 0 Å². The third kappa shape index (κ3) is 2.33. The van der Waals surface area contributed by atoms with Gasteiger partial charge in [0.1, 0.15) is 17.1 Å². The van der Waals surface area contributed by atoms with Gasteiger partial charge in [0.25, 0.3) is 5.89 Å². The van der Waals surface area contributed by atoms with Crippen molar-refractivity contribution in [3.63, 3.8) is 0 Å². The molecule has 2 aromatic heterocycles. The molecule has 0 amide bonds. The summed E-state index contributed by atoms with van der Waals surface area (Å²) in [7, 11) is 1.63. The van der Waals surface area contributed by atoms with Crippen molar-refractivity contribution < 1.29 is 9.26 Å². The van der Waals surface area contributed by atoms with Gasteiger partial charge in [-0.05, 0) is 17.7 Å². The van der Waals surface area contributed by atoms with Crippen LogP contribution in [0.15, 0.2) is 35.0 Å². The van der Waals surface area contributed by atoms with Crippen LogP contribution in [0.4, 0.5) is 5.82 Å². The van der Waals surface area contributed by atoms with Crippen molar-refractivity contribution in [2.24, 2.45) is 0 Å². The summed E-state index contributed by atoms with van der Waals surface area (Å²) < 4.78 is 10.4. The highest BCUT2D eigenvalue weighted by Gasteiger charge is 2.13. The van der Waals surface area contributed by atoms with Crippen molar-refractivity contribution >= 4 is 5.82 Å². The molecule has 7 nitrogen and oxygen atoms in total. The molecule has 3 N–H and O–H groups in total. The number of aromatic amines is 1. The summed E-state index contributed by atoms with van der Waals surface area (Å²) in [5.41, 5.74) is 7.35. The third-order valence-electron chi connectivity index (χ3n) is 2.86. The van der Waals surface area contributed by atoms with Crippen molar-refractivity contribution in [3.05, 3.63) is 41.9 Å². The lowest BCUT2D eigenvalue weighted by Crippen LogP contribution is -1.92. The molecular formula is C13H13N5O2. The monoisotopic (exact) mass is 271 g/mol. The van der Waals surface area contributed by atoms with Gasteiger partial charge in [-0.15, -0.1) is 0 Å². The van der Waals surface area contributed by atoms with Crippen LogP contribution in [0.2, 0.25) is 0 Å². The van der Waals surface area contributed by atoms with E-state index < -0.39 is 0 Å². The summed E-state index contributed by atoms with van der Waals surface area (Å²) in [4.78, 5) is 4.31. The van der Waals surface area contributed by atoms with Crippen LogP contribution >= 0.6 is 0 Å². The number of nitrogens with zero attached hydrogens (tertiary/aromatic N) is 3. The summed E-state index contributed by atoms with van der Waals surface area (Å²) in [6.07, 6.45) is 2.11. The topological polar surface area (TPSA) is 103 Å². The lowest BCUT2D eigenvalue weighted by molar-refractivity contribution is 0.414. The van der Waals surface area contributed by atoms with Crippen LogP contribution in [0.3, 0.4) is 0 Å². The molecule has 0 saturated heterocycles. The van der Waals surface area contributed by atoms with Gasteiger partial charge < -0.3 is 15.0 Å². The van der Waals surface area contributed by atoms with Crippen molar-refractivity contribution in [2.45, 2.75) is 6.42 Å². The summed E-state index contributed by atoms with van der Waals surface area (Å²) in [5, 5.41) is 10.4. The number of anilines is 1. The number of nitrogens with one attached hydrogen (secondary N) is 1. The first kappa shape index (κ1) is 12.2. The summed E-state index contributed by atoms with van der Waals surface area (Å²) >= 11 is 0. The Morgan fingerprint density at radius 1 is 1.40 bits per heavy atom. The Kier molecular flexibility index (Phi) is 3.08. The maximum atomic E-state index is 5.71. The van der Waals surface area contributed by atoms with E-state index in [-0.39, 0.29) is 0 Å². The van der Waals surface area contributed by atoms with Gasteiger partial charge in [0.2, 0.25) is 0 Å². The highest BCUT2D eigenvalue weighted by atomic mass is 16.5. The van der Waals surface area contributed by atoms with Crippen LogP contribution in [0.1, 0.15) is 11.4 Å². The van der Waals surface area contributed by atoms with Gasteiger partial charge in [0, 0.05) is 6.42 Å². The summed E-state index contributed by atoms with van der Waals surface area (Å²) in [5.74, 6) is 2.13.